The van der Waals surface area contributed by atoms with E-state index in [1.54, 1.807) is 30.3 Å². The maximum atomic E-state index is 13.5. The first-order chi connectivity index (χ1) is 17.8. The summed E-state index contributed by atoms with van der Waals surface area (Å²) in [6.07, 6.45) is 1.82. The van der Waals surface area contributed by atoms with Crippen LogP contribution in [-0.4, -0.2) is 75.3 Å². The number of benzene rings is 2. The number of hydrogen-bond donors (Lipinski definition) is 1. The molecular weight excluding hydrogens is 488 g/mol. The number of carbonyl (C=O) groups is 2. The highest BCUT2D eigenvalue weighted by atomic mass is 32.2. The summed E-state index contributed by atoms with van der Waals surface area (Å²) in [6.45, 7) is 7.96. The van der Waals surface area contributed by atoms with E-state index in [0.29, 0.717) is 38.9 Å². The van der Waals surface area contributed by atoms with Gasteiger partial charge in [-0.25, -0.2) is 8.42 Å². The Balaban J connectivity index is 1.40. The molecule has 2 amide bonds. The van der Waals surface area contributed by atoms with Gasteiger partial charge in [-0.2, -0.15) is 4.31 Å². The molecule has 200 valence electrons. The van der Waals surface area contributed by atoms with Crippen molar-refractivity contribution in [2.75, 3.05) is 50.7 Å². The van der Waals surface area contributed by atoms with Gasteiger partial charge in [0.1, 0.15) is 0 Å². The summed E-state index contributed by atoms with van der Waals surface area (Å²) in [5, 5.41) is 2.88. The Morgan fingerprint density at radius 2 is 1.62 bits per heavy atom. The number of hydrogen-bond acceptors (Lipinski definition) is 5. The summed E-state index contributed by atoms with van der Waals surface area (Å²) >= 11 is 0. The highest BCUT2D eigenvalue weighted by molar-refractivity contribution is 7.89. The van der Waals surface area contributed by atoms with Crippen molar-refractivity contribution in [1.82, 2.24) is 14.5 Å². The van der Waals surface area contributed by atoms with Crippen molar-refractivity contribution in [3.05, 3.63) is 59.7 Å². The molecule has 9 heteroatoms. The third kappa shape index (κ3) is 6.51. The average Bonchev–Trinajstić information content (AvgIpc) is 2.95. The van der Waals surface area contributed by atoms with Crippen molar-refractivity contribution in [2.24, 2.45) is 5.92 Å². The molecule has 2 saturated heterocycles. The number of nitrogens with one attached hydrogen (secondary N) is 1. The number of sulfonamides is 1. The highest BCUT2D eigenvalue weighted by Gasteiger charge is 2.30. The minimum atomic E-state index is -3.71. The number of anilines is 1. The van der Waals surface area contributed by atoms with Crippen molar-refractivity contribution < 1.29 is 18.0 Å². The lowest BCUT2D eigenvalue weighted by atomic mass is 9.97. The van der Waals surface area contributed by atoms with Gasteiger partial charge in [-0.1, -0.05) is 30.3 Å². The van der Waals surface area contributed by atoms with Crippen molar-refractivity contribution in [1.29, 1.82) is 0 Å². The SMILES string of the molecule is Cc1cccc(N2CCN(C(=O)C3CCCN(S(=O)(=O)c4ccccc4)CCC(=O)NCC3)CC2)c1C. The van der Waals surface area contributed by atoms with E-state index < -0.39 is 10.0 Å². The second kappa shape index (κ2) is 12.1. The van der Waals surface area contributed by atoms with Gasteiger partial charge < -0.3 is 15.1 Å². The van der Waals surface area contributed by atoms with Crippen molar-refractivity contribution >= 4 is 27.5 Å². The Hall–Kier alpha value is -2.91. The average molecular weight is 527 g/mol. The summed E-state index contributed by atoms with van der Waals surface area (Å²) < 4.78 is 27.8. The van der Waals surface area contributed by atoms with Crippen LogP contribution in [-0.2, 0) is 19.6 Å². The van der Waals surface area contributed by atoms with Crippen LogP contribution in [0.4, 0.5) is 5.69 Å². The lowest BCUT2D eigenvalue weighted by molar-refractivity contribution is -0.136. The zero-order chi connectivity index (χ0) is 26.4. The third-order valence-corrected chi connectivity index (χ3v) is 9.51. The number of carbonyl (C=O) groups excluding carboxylic acids is 2. The number of rotatable bonds is 4. The van der Waals surface area contributed by atoms with Gasteiger partial charge in [-0.15, -0.1) is 0 Å². The van der Waals surface area contributed by atoms with E-state index in [-0.39, 0.29) is 42.1 Å². The monoisotopic (exact) mass is 526 g/mol. The summed E-state index contributed by atoms with van der Waals surface area (Å²) in [4.78, 5) is 30.4. The molecule has 0 radical (unpaired) electrons. The quantitative estimate of drug-likeness (QED) is 0.662. The molecule has 2 heterocycles. The molecule has 4 rings (SSSR count). The van der Waals surface area contributed by atoms with Gasteiger partial charge in [0.05, 0.1) is 4.90 Å². The van der Waals surface area contributed by atoms with Crippen LogP contribution in [0.3, 0.4) is 0 Å². The van der Waals surface area contributed by atoms with Crippen LogP contribution in [0, 0.1) is 19.8 Å². The Labute approximate surface area is 220 Å². The molecule has 0 spiro atoms. The Kier molecular flexibility index (Phi) is 8.87. The normalized spacial score (nSPS) is 20.7. The smallest absolute Gasteiger partial charge is 0.243 e. The minimum Gasteiger partial charge on any atom is -0.368 e. The van der Waals surface area contributed by atoms with Crippen LogP contribution in [0.15, 0.2) is 53.4 Å². The first kappa shape index (κ1) is 27.1. The predicted octanol–water partition coefficient (Wildman–Crippen LogP) is 2.95. The fourth-order valence-corrected chi connectivity index (χ4v) is 6.70. The van der Waals surface area contributed by atoms with Gasteiger partial charge in [-0.05, 0) is 62.4 Å². The van der Waals surface area contributed by atoms with E-state index in [9.17, 15) is 18.0 Å². The fraction of sp³-hybridized carbons (Fsp3) is 0.500. The summed E-state index contributed by atoms with van der Waals surface area (Å²) in [7, 11) is -3.71. The molecule has 1 atom stereocenters. The standard InChI is InChI=1S/C28H38N4O4S/c1-22-8-6-12-26(23(22)2)30-18-20-31(21-19-30)28(34)24-9-7-16-32(17-14-27(33)29-15-13-24)37(35,36)25-10-4-3-5-11-25/h3-6,8,10-12,24H,7,9,13-21H2,1-2H3,(H,29,33). The van der Waals surface area contributed by atoms with Crippen LogP contribution in [0.5, 0.6) is 0 Å². The molecule has 0 bridgehead atoms. The molecule has 1 N–H and O–H groups in total. The maximum absolute atomic E-state index is 13.5. The highest BCUT2D eigenvalue weighted by Crippen LogP contribution is 2.25. The van der Waals surface area contributed by atoms with Gasteiger partial charge in [0.2, 0.25) is 21.8 Å². The van der Waals surface area contributed by atoms with Crippen LogP contribution in [0.25, 0.3) is 0 Å². The van der Waals surface area contributed by atoms with E-state index in [1.807, 2.05) is 4.90 Å². The van der Waals surface area contributed by atoms with Gasteiger partial charge in [0, 0.05) is 63.8 Å². The third-order valence-electron chi connectivity index (χ3n) is 7.60. The van der Waals surface area contributed by atoms with Crippen molar-refractivity contribution in [3.63, 3.8) is 0 Å². The van der Waals surface area contributed by atoms with Crippen LogP contribution >= 0.6 is 0 Å². The molecule has 2 aliphatic heterocycles. The predicted molar refractivity (Wildman–Crippen MR) is 145 cm³/mol. The van der Waals surface area contributed by atoms with Crippen LogP contribution in [0.2, 0.25) is 0 Å². The van der Waals surface area contributed by atoms with Gasteiger partial charge in [0.25, 0.3) is 0 Å². The summed E-state index contributed by atoms with van der Waals surface area (Å²) in [5.41, 5.74) is 3.76. The molecule has 0 aromatic heterocycles. The van der Waals surface area contributed by atoms with E-state index in [4.69, 9.17) is 0 Å². The van der Waals surface area contributed by atoms with Crippen molar-refractivity contribution in [2.45, 2.75) is 44.4 Å². The lowest BCUT2D eigenvalue weighted by Gasteiger charge is -2.38. The molecule has 2 aromatic carbocycles. The zero-order valence-electron chi connectivity index (χ0n) is 21.9. The first-order valence-corrected chi connectivity index (χ1v) is 14.6. The molecule has 2 aliphatic rings. The molecule has 0 saturated carbocycles. The van der Waals surface area contributed by atoms with Crippen LogP contribution < -0.4 is 10.2 Å². The van der Waals surface area contributed by atoms with Crippen LogP contribution in [0.1, 0.15) is 36.8 Å². The summed E-state index contributed by atoms with van der Waals surface area (Å²) in [6, 6.07) is 14.6. The molecule has 2 aromatic rings. The number of piperazine rings is 1. The van der Waals surface area contributed by atoms with E-state index >= 15 is 0 Å². The molecule has 0 aliphatic carbocycles. The second-order valence-corrected chi connectivity index (χ2v) is 11.9. The molecular formula is C28H38N4O4S. The number of nitrogens with zero attached hydrogens (tertiary/aromatic N) is 3. The van der Waals surface area contributed by atoms with E-state index in [1.165, 1.54) is 21.1 Å². The second-order valence-electron chi connectivity index (χ2n) is 9.98. The summed E-state index contributed by atoms with van der Waals surface area (Å²) in [5.74, 6) is -0.331. The van der Waals surface area contributed by atoms with E-state index in [2.05, 4.69) is 42.3 Å². The van der Waals surface area contributed by atoms with Gasteiger partial charge in [-0.3, -0.25) is 9.59 Å². The van der Waals surface area contributed by atoms with Crippen molar-refractivity contribution in [3.8, 4) is 0 Å². The Morgan fingerprint density at radius 3 is 2.35 bits per heavy atom. The Morgan fingerprint density at radius 1 is 0.892 bits per heavy atom. The zero-order valence-corrected chi connectivity index (χ0v) is 22.7. The topological polar surface area (TPSA) is 90.0 Å². The van der Waals surface area contributed by atoms with Gasteiger partial charge >= 0.3 is 0 Å². The largest absolute Gasteiger partial charge is 0.368 e. The first-order valence-electron chi connectivity index (χ1n) is 13.2. The molecule has 1 unspecified atom stereocenters. The fourth-order valence-electron chi connectivity index (χ4n) is 5.20. The van der Waals surface area contributed by atoms with E-state index in [0.717, 1.165) is 13.1 Å². The molecule has 8 nitrogen and oxygen atoms in total. The lowest BCUT2D eigenvalue weighted by Crippen LogP contribution is -2.51. The number of aryl methyl sites for hydroxylation is 1. The number of amides is 2. The molecule has 37 heavy (non-hydrogen) atoms. The molecule has 2 fully saturated rings. The Bertz CT molecular complexity index is 1190. The maximum Gasteiger partial charge on any atom is 0.243 e. The minimum absolute atomic E-state index is 0.102. The van der Waals surface area contributed by atoms with Gasteiger partial charge in [0.15, 0.2) is 0 Å².